The van der Waals surface area contributed by atoms with Gasteiger partial charge >= 0.3 is 0 Å². The van der Waals surface area contributed by atoms with E-state index in [0.29, 0.717) is 25.1 Å². The van der Waals surface area contributed by atoms with E-state index in [2.05, 4.69) is 10.6 Å². The highest BCUT2D eigenvalue weighted by Gasteiger charge is 2.08. The summed E-state index contributed by atoms with van der Waals surface area (Å²) in [5.74, 6) is -0.0867. The van der Waals surface area contributed by atoms with Gasteiger partial charge in [0, 0.05) is 25.1 Å². The molecule has 0 radical (unpaired) electrons. The molecule has 0 bridgehead atoms. The van der Waals surface area contributed by atoms with Crippen LogP contribution in [0.25, 0.3) is 0 Å². The van der Waals surface area contributed by atoms with E-state index in [1.165, 1.54) is 0 Å². The Hall–Kier alpha value is -1.84. The lowest BCUT2D eigenvalue weighted by molar-refractivity contribution is -0.120. The fourth-order valence-electron chi connectivity index (χ4n) is 1.65. The van der Waals surface area contributed by atoms with Crippen molar-refractivity contribution >= 4 is 11.8 Å². The lowest BCUT2D eigenvalue weighted by Gasteiger charge is -2.09. The Balaban J connectivity index is 2.43. The number of carbonyl (C=O) groups is 2. The van der Waals surface area contributed by atoms with Crippen LogP contribution in [0.2, 0.25) is 0 Å². The number of amides is 2. The van der Waals surface area contributed by atoms with E-state index in [9.17, 15) is 9.59 Å². The molecule has 98 valence electrons. The molecule has 4 heteroatoms. The smallest absolute Gasteiger partial charge is 0.251 e. The van der Waals surface area contributed by atoms with Crippen LogP contribution < -0.4 is 10.6 Å². The first-order valence-electron chi connectivity index (χ1n) is 6.31. The minimum absolute atomic E-state index is 0.00166. The largest absolute Gasteiger partial charge is 0.354 e. The summed E-state index contributed by atoms with van der Waals surface area (Å²) in [5.41, 5.74) is 1.74. The van der Waals surface area contributed by atoms with Crippen molar-refractivity contribution in [3.8, 4) is 0 Å². The Morgan fingerprint density at radius 3 is 2.39 bits per heavy atom. The summed E-state index contributed by atoms with van der Waals surface area (Å²) >= 11 is 0. The second-order valence-electron chi connectivity index (χ2n) is 3.97. The van der Waals surface area contributed by atoms with Crippen LogP contribution in [0.3, 0.4) is 0 Å². The Kier molecular flexibility index (Phi) is 5.91. The Morgan fingerprint density at radius 1 is 1.06 bits per heavy atom. The standard InChI is InChI=1S/C14H20N2O2/c1-3-11-7-5-6-8-12(11)14(18)16-10-9-15-13(17)4-2/h5-8H,3-4,9-10H2,1-2H3,(H,15,17)(H,16,18). The fourth-order valence-corrected chi connectivity index (χ4v) is 1.65. The second kappa shape index (κ2) is 7.48. The molecule has 2 N–H and O–H groups in total. The van der Waals surface area contributed by atoms with Crippen LogP contribution in [0.5, 0.6) is 0 Å². The van der Waals surface area contributed by atoms with Crippen molar-refractivity contribution in [1.82, 2.24) is 10.6 Å². The van der Waals surface area contributed by atoms with Crippen LogP contribution in [-0.2, 0) is 11.2 Å². The molecule has 1 rings (SSSR count). The van der Waals surface area contributed by atoms with Crippen LogP contribution in [0.15, 0.2) is 24.3 Å². The first kappa shape index (κ1) is 14.2. The summed E-state index contributed by atoms with van der Waals surface area (Å²) in [6.07, 6.45) is 1.29. The van der Waals surface area contributed by atoms with Gasteiger partial charge in [-0.05, 0) is 18.1 Å². The third kappa shape index (κ3) is 4.20. The molecule has 18 heavy (non-hydrogen) atoms. The van der Waals surface area contributed by atoms with Crippen molar-refractivity contribution in [2.75, 3.05) is 13.1 Å². The Morgan fingerprint density at radius 2 is 1.72 bits per heavy atom. The summed E-state index contributed by atoms with van der Waals surface area (Å²) in [6, 6.07) is 7.55. The highest BCUT2D eigenvalue weighted by molar-refractivity contribution is 5.95. The zero-order valence-corrected chi connectivity index (χ0v) is 11.0. The van der Waals surface area contributed by atoms with E-state index in [-0.39, 0.29) is 11.8 Å². The molecule has 0 saturated carbocycles. The predicted octanol–water partition coefficient (Wildman–Crippen LogP) is 1.50. The minimum atomic E-state index is -0.0850. The number of rotatable bonds is 6. The number of aryl methyl sites for hydroxylation is 1. The van der Waals surface area contributed by atoms with Gasteiger partial charge in [-0.15, -0.1) is 0 Å². The molecule has 1 aromatic rings. The Labute approximate surface area is 108 Å². The van der Waals surface area contributed by atoms with Crippen molar-refractivity contribution in [1.29, 1.82) is 0 Å². The second-order valence-corrected chi connectivity index (χ2v) is 3.97. The highest BCUT2D eigenvalue weighted by atomic mass is 16.2. The summed E-state index contributed by atoms with van der Waals surface area (Å²) in [5, 5.41) is 5.51. The van der Waals surface area contributed by atoms with Gasteiger partial charge in [0.05, 0.1) is 0 Å². The monoisotopic (exact) mass is 248 g/mol. The molecule has 0 aromatic heterocycles. The Bertz CT molecular complexity index is 416. The predicted molar refractivity (Wildman–Crippen MR) is 71.5 cm³/mol. The van der Waals surface area contributed by atoms with Gasteiger partial charge in [0.1, 0.15) is 0 Å². The highest BCUT2D eigenvalue weighted by Crippen LogP contribution is 2.08. The molecule has 1 aromatic carbocycles. The maximum absolute atomic E-state index is 11.9. The zero-order chi connectivity index (χ0) is 13.4. The average molecular weight is 248 g/mol. The number of hydrogen-bond donors (Lipinski definition) is 2. The van der Waals surface area contributed by atoms with Crippen LogP contribution in [0.1, 0.15) is 36.2 Å². The maximum Gasteiger partial charge on any atom is 0.251 e. The number of nitrogens with one attached hydrogen (secondary N) is 2. The first-order chi connectivity index (χ1) is 8.69. The zero-order valence-electron chi connectivity index (χ0n) is 11.0. The SMILES string of the molecule is CCC(=O)NCCNC(=O)c1ccccc1CC. The molecule has 0 aliphatic carbocycles. The van der Waals surface area contributed by atoms with Gasteiger partial charge in [-0.1, -0.05) is 32.0 Å². The van der Waals surface area contributed by atoms with Gasteiger partial charge in [0.2, 0.25) is 5.91 Å². The number of benzene rings is 1. The van der Waals surface area contributed by atoms with Crippen molar-refractivity contribution in [2.45, 2.75) is 26.7 Å². The van der Waals surface area contributed by atoms with Crippen molar-refractivity contribution in [3.05, 3.63) is 35.4 Å². The van der Waals surface area contributed by atoms with E-state index >= 15 is 0 Å². The lowest BCUT2D eigenvalue weighted by atomic mass is 10.0. The third-order valence-corrected chi connectivity index (χ3v) is 2.70. The molecule has 0 atom stereocenters. The van der Waals surface area contributed by atoms with Crippen LogP contribution in [0.4, 0.5) is 0 Å². The molecular formula is C14H20N2O2. The van der Waals surface area contributed by atoms with Gasteiger partial charge in [-0.3, -0.25) is 9.59 Å². The molecule has 0 fully saturated rings. The molecule has 2 amide bonds. The molecule has 0 spiro atoms. The summed E-state index contributed by atoms with van der Waals surface area (Å²) < 4.78 is 0. The van der Waals surface area contributed by atoms with Gasteiger partial charge < -0.3 is 10.6 Å². The van der Waals surface area contributed by atoms with Gasteiger partial charge in [-0.2, -0.15) is 0 Å². The molecule has 0 aliphatic heterocycles. The average Bonchev–Trinajstić information content (AvgIpc) is 2.42. The quantitative estimate of drug-likeness (QED) is 0.750. The lowest BCUT2D eigenvalue weighted by Crippen LogP contribution is -2.34. The molecule has 0 unspecified atom stereocenters. The molecule has 4 nitrogen and oxygen atoms in total. The summed E-state index contributed by atoms with van der Waals surface area (Å²) in [6.45, 7) is 4.73. The summed E-state index contributed by atoms with van der Waals surface area (Å²) in [4.78, 5) is 22.9. The van der Waals surface area contributed by atoms with Crippen molar-refractivity contribution in [2.24, 2.45) is 0 Å². The molecule has 0 saturated heterocycles. The summed E-state index contributed by atoms with van der Waals surface area (Å²) in [7, 11) is 0. The number of hydrogen-bond acceptors (Lipinski definition) is 2. The molecule has 0 heterocycles. The van der Waals surface area contributed by atoms with Crippen LogP contribution in [-0.4, -0.2) is 24.9 Å². The minimum Gasteiger partial charge on any atom is -0.354 e. The maximum atomic E-state index is 11.9. The van der Waals surface area contributed by atoms with E-state index in [1.807, 2.05) is 31.2 Å². The van der Waals surface area contributed by atoms with E-state index in [4.69, 9.17) is 0 Å². The van der Waals surface area contributed by atoms with Gasteiger partial charge in [0.15, 0.2) is 0 Å². The molecule has 0 aliphatic rings. The van der Waals surface area contributed by atoms with Crippen molar-refractivity contribution < 1.29 is 9.59 Å². The normalized spacial score (nSPS) is 9.89. The van der Waals surface area contributed by atoms with Gasteiger partial charge in [0.25, 0.3) is 5.91 Å². The van der Waals surface area contributed by atoms with E-state index < -0.39 is 0 Å². The van der Waals surface area contributed by atoms with Crippen LogP contribution >= 0.6 is 0 Å². The van der Waals surface area contributed by atoms with Gasteiger partial charge in [-0.25, -0.2) is 0 Å². The third-order valence-electron chi connectivity index (χ3n) is 2.70. The topological polar surface area (TPSA) is 58.2 Å². The fraction of sp³-hybridized carbons (Fsp3) is 0.429. The molecular weight excluding hydrogens is 228 g/mol. The number of carbonyl (C=O) groups excluding carboxylic acids is 2. The first-order valence-corrected chi connectivity index (χ1v) is 6.31. The van der Waals surface area contributed by atoms with E-state index in [1.54, 1.807) is 6.92 Å². The van der Waals surface area contributed by atoms with Crippen molar-refractivity contribution in [3.63, 3.8) is 0 Å². The van der Waals surface area contributed by atoms with Crippen LogP contribution in [0, 0.1) is 0 Å². The van der Waals surface area contributed by atoms with E-state index in [0.717, 1.165) is 12.0 Å².